The summed E-state index contributed by atoms with van der Waals surface area (Å²) in [5.41, 5.74) is 4.04. The van der Waals surface area contributed by atoms with Crippen molar-refractivity contribution in [3.63, 3.8) is 0 Å². The van der Waals surface area contributed by atoms with Gasteiger partial charge in [-0.05, 0) is 19.4 Å². The SMILES string of the molecule is C=CCNC(C(=O)c1ccc(C)cc1)c1ccc(C)cc1.Cl. The first-order valence-corrected chi connectivity index (χ1v) is 7.13. The van der Waals surface area contributed by atoms with Crippen molar-refractivity contribution in [3.05, 3.63) is 83.4 Å². The van der Waals surface area contributed by atoms with Gasteiger partial charge < -0.3 is 0 Å². The Morgan fingerprint density at radius 1 is 1.05 bits per heavy atom. The van der Waals surface area contributed by atoms with E-state index in [1.165, 1.54) is 5.56 Å². The monoisotopic (exact) mass is 315 g/mol. The van der Waals surface area contributed by atoms with Gasteiger partial charge in [0.15, 0.2) is 5.78 Å². The van der Waals surface area contributed by atoms with Crippen molar-refractivity contribution in [1.29, 1.82) is 0 Å². The van der Waals surface area contributed by atoms with Crippen molar-refractivity contribution >= 4 is 18.2 Å². The summed E-state index contributed by atoms with van der Waals surface area (Å²) in [6, 6.07) is 15.4. The van der Waals surface area contributed by atoms with E-state index >= 15 is 0 Å². The summed E-state index contributed by atoms with van der Waals surface area (Å²) in [5.74, 6) is 0.0840. The van der Waals surface area contributed by atoms with Gasteiger partial charge in [0.05, 0.1) is 6.04 Å². The fourth-order valence-corrected chi connectivity index (χ4v) is 2.21. The minimum Gasteiger partial charge on any atom is -0.300 e. The lowest BCUT2D eigenvalue weighted by molar-refractivity contribution is 0.0945. The number of hydrogen-bond acceptors (Lipinski definition) is 2. The number of benzene rings is 2. The molecule has 2 rings (SSSR count). The van der Waals surface area contributed by atoms with Gasteiger partial charge in [-0.3, -0.25) is 10.1 Å². The van der Waals surface area contributed by atoms with Gasteiger partial charge in [0.25, 0.3) is 0 Å². The maximum absolute atomic E-state index is 12.8. The first-order valence-electron chi connectivity index (χ1n) is 7.13. The average Bonchev–Trinajstić information content (AvgIpc) is 2.50. The summed E-state index contributed by atoms with van der Waals surface area (Å²) in [4.78, 5) is 12.8. The number of nitrogens with one attached hydrogen (secondary N) is 1. The number of ketones is 1. The fraction of sp³-hybridized carbons (Fsp3) is 0.211. The van der Waals surface area contributed by atoms with E-state index < -0.39 is 0 Å². The highest BCUT2D eigenvalue weighted by atomic mass is 35.5. The molecule has 0 saturated heterocycles. The third kappa shape index (κ3) is 4.55. The molecule has 0 radical (unpaired) electrons. The van der Waals surface area contributed by atoms with E-state index in [1.54, 1.807) is 6.08 Å². The molecule has 1 unspecified atom stereocenters. The molecule has 2 nitrogen and oxygen atoms in total. The minimum atomic E-state index is -0.341. The van der Waals surface area contributed by atoms with E-state index in [-0.39, 0.29) is 24.2 Å². The maximum atomic E-state index is 12.8. The molecule has 0 amide bonds. The van der Waals surface area contributed by atoms with Crippen LogP contribution in [0.2, 0.25) is 0 Å². The molecule has 2 aromatic rings. The van der Waals surface area contributed by atoms with Crippen LogP contribution in [-0.4, -0.2) is 12.3 Å². The van der Waals surface area contributed by atoms with Crippen molar-refractivity contribution in [3.8, 4) is 0 Å². The highest BCUT2D eigenvalue weighted by molar-refractivity contribution is 6.00. The summed E-state index contributed by atoms with van der Waals surface area (Å²) in [6.07, 6.45) is 1.77. The number of rotatable bonds is 6. The summed E-state index contributed by atoms with van der Waals surface area (Å²) in [7, 11) is 0. The normalized spacial score (nSPS) is 11.4. The molecule has 0 heterocycles. The van der Waals surface area contributed by atoms with Crippen LogP contribution in [0.4, 0.5) is 0 Å². The fourth-order valence-electron chi connectivity index (χ4n) is 2.21. The third-order valence-corrected chi connectivity index (χ3v) is 3.48. The predicted molar refractivity (Wildman–Crippen MR) is 94.9 cm³/mol. The van der Waals surface area contributed by atoms with E-state index in [0.29, 0.717) is 6.54 Å². The first kappa shape index (κ1) is 18.1. The van der Waals surface area contributed by atoms with Crippen LogP contribution >= 0.6 is 12.4 Å². The zero-order chi connectivity index (χ0) is 15.2. The van der Waals surface area contributed by atoms with Crippen LogP contribution in [0.25, 0.3) is 0 Å². The van der Waals surface area contributed by atoms with Crippen LogP contribution in [0.15, 0.2) is 61.2 Å². The van der Waals surface area contributed by atoms with Gasteiger partial charge in [0, 0.05) is 12.1 Å². The molecular formula is C19H22ClNO. The molecule has 0 aromatic heterocycles. The second-order valence-electron chi connectivity index (χ2n) is 5.27. The predicted octanol–water partition coefficient (Wildman–Crippen LogP) is 4.42. The quantitative estimate of drug-likeness (QED) is 0.631. The van der Waals surface area contributed by atoms with Crippen LogP contribution in [0.5, 0.6) is 0 Å². The van der Waals surface area contributed by atoms with E-state index in [9.17, 15) is 4.79 Å². The van der Waals surface area contributed by atoms with Gasteiger partial charge in [0.1, 0.15) is 0 Å². The molecule has 3 heteroatoms. The summed E-state index contributed by atoms with van der Waals surface area (Å²) in [5, 5.41) is 3.25. The lowest BCUT2D eigenvalue weighted by atomic mass is 9.96. The Labute approximate surface area is 138 Å². The summed E-state index contributed by atoms with van der Waals surface area (Å²) < 4.78 is 0. The van der Waals surface area contributed by atoms with Crippen LogP contribution in [0.1, 0.15) is 33.1 Å². The summed E-state index contributed by atoms with van der Waals surface area (Å²) in [6.45, 7) is 8.36. The molecule has 0 aliphatic heterocycles. The highest BCUT2D eigenvalue weighted by Crippen LogP contribution is 2.19. The molecule has 0 saturated carbocycles. The van der Waals surface area contributed by atoms with Gasteiger partial charge in [-0.25, -0.2) is 0 Å². The molecule has 1 atom stereocenters. The van der Waals surface area contributed by atoms with Crippen LogP contribution in [0, 0.1) is 13.8 Å². The van der Waals surface area contributed by atoms with E-state index in [2.05, 4.69) is 11.9 Å². The Morgan fingerprint density at radius 3 is 2.05 bits per heavy atom. The second-order valence-corrected chi connectivity index (χ2v) is 5.27. The second kappa shape index (κ2) is 8.52. The molecule has 1 N–H and O–H groups in total. The maximum Gasteiger partial charge on any atom is 0.184 e. The number of aryl methyl sites for hydroxylation is 2. The molecule has 0 aliphatic carbocycles. The number of Topliss-reactive ketones (excluding diaryl/α,β-unsaturated/α-hetero) is 1. The highest BCUT2D eigenvalue weighted by Gasteiger charge is 2.20. The van der Waals surface area contributed by atoms with Crippen LogP contribution in [0.3, 0.4) is 0 Å². The van der Waals surface area contributed by atoms with Crippen molar-refractivity contribution in [1.82, 2.24) is 5.32 Å². The Bertz CT molecular complexity index is 617. The number of carbonyl (C=O) groups excluding carboxylic acids is 1. The van der Waals surface area contributed by atoms with E-state index in [0.717, 1.165) is 16.7 Å². The number of carbonyl (C=O) groups is 1. The lowest BCUT2D eigenvalue weighted by Gasteiger charge is -2.18. The Hall–Kier alpha value is -1.90. The lowest BCUT2D eigenvalue weighted by Crippen LogP contribution is -2.29. The van der Waals surface area contributed by atoms with Gasteiger partial charge in [-0.2, -0.15) is 0 Å². The Morgan fingerprint density at radius 2 is 1.55 bits per heavy atom. The Kier molecular flexibility index (Phi) is 7.03. The molecule has 116 valence electrons. The summed E-state index contributed by atoms with van der Waals surface area (Å²) >= 11 is 0. The van der Waals surface area contributed by atoms with Gasteiger partial charge in [-0.1, -0.05) is 65.7 Å². The first-order chi connectivity index (χ1) is 10.1. The zero-order valence-electron chi connectivity index (χ0n) is 13.0. The smallest absolute Gasteiger partial charge is 0.184 e. The topological polar surface area (TPSA) is 29.1 Å². The molecule has 0 aliphatic rings. The molecule has 22 heavy (non-hydrogen) atoms. The standard InChI is InChI=1S/C19H21NO.ClH/c1-4-13-20-18(16-9-5-14(2)6-10-16)19(21)17-11-7-15(3)8-12-17;/h4-12,18,20H,1,13H2,2-3H3;1H. The number of hydrogen-bond donors (Lipinski definition) is 1. The molecular weight excluding hydrogens is 294 g/mol. The zero-order valence-corrected chi connectivity index (χ0v) is 13.8. The van der Waals surface area contributed by atoms with Gasteiger partial charge in [0.2, 0.25) is 0 Å². The van der Waals surface area contributed by atoms with Crippen molar-refractivity contribution in [2.24, 2.45) is 0 Å². The third-order valence-electron chi connectivity index (χ3n) is 3.48. The van der Waals surface area contributed by atoms with Crippen molar-refractivity contribution in [2.45, 2.75) is 19.9 Å². The minimum absolute atomic E-state index is 0. The molecule has 2 aromatic carbocycles. The van der Waals surface area contributed by atoms with Gasteiger partial charge >= 0.3 is 0 Å². The largest absolute Gasteiger partial charge is 0.300 e. The van der Waals surface area contributed by atoms with Crippen molar-refractivity contribution in [2.75, 3.05) is 6.54 Å². The van der Waals surface area contributed by atoms with Crippen molar-refractivity contribution < 1.29 is 4.79 Å². The molecule has 0 bridgehead atoms. The van der Waals surface area contributed by atoms with Crippen LogP contribution in [-0.2, 0) is 0 Å². The molecule has 0 fully saturated rings. The average molecular weight is 316 g/mol. The van der Waals surface area contributed by atoms with Crippen LogP contribution < -0.4 is 5.32 Å². The Balaban J connectivity index is 0.00000242. The van der Waals surface area contributed by atoms with E-state index in [4.69, 9.17) is 0 Å². The number of halogens is 1. The molecule has 0 spiro atoms. The van der Waals surface area contributed by atoms with Gasteiger partial charge in [-0.15, -0.1) is 19.0 Å². The van der Waals surface area contributed by atoms with E-state index in [1.807, 2.05) is 62.4 Å².